The number of methoxy groups -OCH3 is 1. The van der Waals surface area contributed by atoms with E-state index >= 15 is 0 Å². The molecule has 0 aliphatic carbocycles. The van der Waals surface area contributed by atoms with Crippen molar-refractivity contribution < 1.29 is 9.53 Å². The summed E-state index contributed by atoms with van der Waals surface area (Å²) < 4.78 is 5.36. The van der Waals surface area contributed by atoms with E-state index in [9.17, 15) is 4.79 Å². The van der Waals surface area contributed by atoms with Crippen LogP contribution in [-0.4, -0.2) is 46.0 Å². The van der Waals surface area contributed by atoms with Crippen LogP contribution in [0.3, 0.4) is 0 Å². The zero-order valence-corrected chi connectivity index (χ0v) is 14.8. The fraction of sp³-hybridized carbons (Fsp3) is 0.350. The first kappa shape index (κ1) is 16.6. The SMILES string of the molecule is COc1ccc2[nH]cc(C3CCN(C(=O)Cc4cncnc4)CC3)c2c1. The summed E-state index contributed by atoms with van der Waals surface area (Å²) in [5, 5.41) is 1.22. The average Bonchev–Trinajstić information content (AvgIpc) is 3.12. The zero-order chi connectivity index (χ0) is 17.9. The van der Waals surface area contributed by atoms with Crippen molar-refractivity contribution in [1.29, 1.82) is 0 Å². The average molecular weight is 350 g/mol. The number of likely N-dealkylation sites (tertiary alicyclic amines) is 1. The van der Waals surface area contributed by atoms with Crippen LogP contribution in [0, 0.1) is 0 Å². The van der Waals surface area contributed by atoms with Gasteiger partial charge in [0.25, 0.3) is 0 Å². The molecule has 1 aromatic carbocycles. The van der Waals surface area contributed by atoms with E-state index in [4.69, 9.17) is 4.74 Å². The molecule has 3 heterocycles. The van der Waals surface area contributed by atoms with Gasteiger partial charge >= 0.3 is 0 Å². The lowest BCUT2D eigenvalue weighted by molar-refractivity contribution is -0.131. The van der Waals surface area contributed by atoms with E-state index in [-0.39, 0.29) is 5.91 Å². The van der Waals surface area contributed by atoms with Gasteiger partial charge in [-0.3, -0.25) is 4.79 Å². The second kappa shape index (κ2) is 7.15. The third-order valence-corrected chi connectivity index (χ3v) is 5.18. The molecule has 1 aliphatic heterocycles. The molecule has 6 nitrogen and oxygen atoms in total. The Bertz CT molecular complexity index is 899. The first-order chi connectivity index (χ1) is 12.7. The van der Waals surface area contributed by atoms with Crippen LogP contribution in [0.5, 0.6) is 5.75 Å². The molecule has 1 fully saturated rings. The minimum atomic E-state index is 0.152. The van der Waals surface area contributed by atoms with Crippen LogP contribution in [0.2, 0.25) is 0 Å². The molecule has 1 N–H and O–H groups in total. The molecule has 1 saturated heterocycles. The topological polar surface area (TPSA) is 71.1 Å². The van der Waals surface area contributed by atoms with E-state index in [0.29, 0.717) is 12.3 Å². The van der Waals surface area contributed by atoms with Gasteiger partial charge in [-0.25, -0.2) is 9.97 Å². The van der Waals surface area contributed by atoms with Gasteiger partial charge in [0.1, 0.15) is 12.1 Å². The Morgan fingerprint density at radius 3 is 2.77 bits per heavy atom. The third-order valence-electron chi connectivity index (χ3n) is 5.18. The number of aromatic amines is 1. The quantitative estimate of drug-likeness (QED) is 0.785. The molecule has 0 unspecified atom stereocenters. The molecule has 26 heavy (non-hydrogen) atoms. The number of benzene rings is 1. The molecule has 2 aromatic heterocycles. The number of ether oxygens (including phenoxy) is 1. The summed E-state index contributed by atoms with van der Waals surface area (Å²) in [4.78, 5) is 25.8. The summed E-state index contributed by atoms with van der Waals surface area (Å²) in [5.74, 6) is 1.48. The normalized spacial score (nSPS) is 15.3. The van der Waals surface area contributed by atoms with Crippen molar-refractivity contribution in [2.45, 2.75) is 25.2 Å². The summed E-state index contributed by atoms with van der Waals surface area (Å²) >= 11 is 0. The highest BCUT2D eigenvalue weighted by Crippen LogP contribution is 2.34. The largest absolute Gasteiger partial charge is 0.497 e. The number of amides is 1. The summed E-state index contributed by atoms with van der Waals surface area (Å²) in [7, 11) is 1.69. The van der Waals surface area contributed by atoms with Crippen LogP contribution < -0.4 is 4.74 Å². The maximum atomic E-state index is 12.5. The second-order valence-electron chi connectivity index (χ2n) is 6.73. The predicted octanol–water partition coefficient (Wildman–Crippen LogP) is 2.92. The minimum absolute atomic E-state index is 0.152. The molecule has 0 spiro atoms. The Morgan fingerprint density at radius 1 is 1.27 bits per heavy atom. The van der Waals surface area contributed by atoms with Crippen LogP contribution >= 0.6 is 0 Å². The molecule has 0 radical (unpaired) electrons. The molecule has 1 aliphatic rings. The number of piperidine rings is 1. The van der Waals surface area contributed by atoms with Crippen LogP contribution in [0.15, 0.2) is 43.1 Å². The number of hydrogen-bond donors (Lipinski definition) is 1. The Balaban J connectivity index is 1.43. The summed E-state index contributed by atoms with van der Waals surface area (Å²) in [6, 6.07) is 6.11. The Kier molecular flexibility index (Phi) is 4.56. The van der Waals surface area contributed by atoms with E-state index in [0.717, 1.165) is 42.8 Å². The van der Waals surface area contributed by atoms with Crippen LogP contribution in [0.4, 0.5) is 0 Å². The first-order valence-electron chi connectivity index (χ1n) is 8.91. The van der Waals surface area contributed by atoms with Crippen molar-refractivity contribution in [2.75, 3.05) is 20.2 Å². The van der Waals surface area contributed by atoms with E-state index in [1.807, 2.05) is 11.0 Å². The molecular weight excluding hydrogens is 328 g/mol. The van der Waals surface area contributed by atoms with Crippen molar-refractivity contribution >= 4 is 16.8 Å². The fourth-order valence-electron chi connectivity index (χ4n) is 3.73. The lowest BCUT2D eigenvalue weighted by atomic mass is 9.89. The molecule has 0 atom stereocenters. The smallest absolute Gasteiger partial charge is 0.227 e. The number of hydrogen-bond acceptors (Lipinski definition) is 4. The molecule has 0 bridgehead atoms. The van der Waals surface area contributed by atoms with Gasteiger partial charge in [0.15, 0.2) is 0 Å². The minimum Gasteiger partial charge on any atom is -0.497 e. The number of rotatable bonds is 4. The van der Waals surface area contributed by atoms with Gasteiger partial charge in [0.2, 0.25) is 5.91 Å². The van der Waals surface area contributed by atoms with Crippen LogP contribution in [0.1, 0.15) is 29.9 Å². The highest BCUT2D eigenvalue weighted by atomic mass is 16.5. The van der Waals surface area contributed by atoms with E-state index in [1.165, 1.54) is 17.3 Å². The number of aromatic nitrogens is 3. The summed E-state index contributed by atoms with van der Waals surface area (Å²) in [5.41, 5.74) is 3.31. The van der Waals surface area contributed by atoms with Crippen molar-refractivity contribution in [1.82, 2.24) is 19.9 Å². The molecule has 4 rings (SSSR count). The second-order valence-corrected chi connectivity index (χ2v) is 6.73. The third kappa shape index (κ3) is 3.27. The Hall–Kier alpha value is -2.89. The summed E-state index contributed by atoms with van der Waals surface area (Å²) in [6.07, 6.45) is 9.31. The van der Waals surface area contributed by atoms with Crippen LogP contribution in [0.25, 0.3) is 10.9 Å². The monoisotopic (exact) mass is 350 g/mol. The van der Waals surface area contributed by atoms with Gasteiger partial charge in [0.05, 0.1) is 13.5 Å². The number of carbonyl (C=O) groups is 1. The fourth-order valence-corrected chi connectivity index (χ4v) is 3.73. The summed E-state index contributed by atoms with van der Waals surface area (Å²) in [6.45, 7) is 1.57. The zero-order valence-electron chi connectivity index (χ0n) is 14.8. The Labute approximate surface area is 152 Å². The highest BCUT2D eigenvalue weighted by molar-refractivity contribution is 5.85. The molecule has 6 heteroatoms. The molecule has 134 valence electrons. The number of nitrogens with one attached hydrogen (secondary N) is 1. The number of H-pyrrole nitrogens is 1. The van der Waals surface area contributed by atoms with Gasteiger partial charge in [-0.05, 0) is 48.1 Å². The number of nitrogens with zero attached hydrogens (tertiary/aromatic N) is 3. The van der Waals surface area contributed by atoms with Gasteiger partial charge in [0, 0.05) is 42.6 Å². The van der Waals surface area contributed by atoms with Crippen LogP contribution in [-0.2, 0) is 11.2 Å². The van der Waals surface area contributed by atoms with E-state index in [2.05, 4.69) is 33.3 Å². The van der Waals surface area contributed by atoms with Crippen molar-refractivity contribution in [3.8, 4) is 5.75 Å². The van der Waals surface area contributed by atoms with Crippen molar-refractivity contribution in [3.63, 3.8) is 0 Å². The van der Waals surface area contributed by atoms with Gasteiger partial charge in [-0.2, -0.15) is 0 Å². The molecule has 1 amide bonds. The van der Waals surface area contributed by atoms with E-state index in [1.54, 1.807) is 19.5 Å². The first-order valence-corrected chi connectivity index (χ1v) is 8.91. The lowest BCUT2D eigenvalue weighted by Crippen LogP contribution is -2.38. The number of carbonyl (C=O) groups excluding carboxylic acids is 1. The molecule has 3 aromatic rings. The lowest BCUT2D eigenvalue weighted by Gasteiger charge is -2.32. The maximum Gasteiger partial charge on any atom is 0.227 e. The van der Waals surface area contributed by atoms with Crippen molar-refractivity contribution in [2.24, 2.45) is 0 Å². The standard InChI is InChI=1S/C20H22N4O2/c1-26-16-2-3-19-17(9-16)18(12-23-19)15-4-6-24(7-5-15)20(25)8-14-10-21-13-22-11-14/h2-3,9-13,15,23H,4-8H2,1H3. The van der Waals surface area contributed by atoms with Gasteiger partial charge < -0.3 is 14.6 Å². The van der Waals surface area contributed by atoms with Crippen molar-refractivity contribution in [3.05, 3.63) is 54.2 Å². The predicted molar refractivity (Wildman–Crippen MR) is 99.1 cm³/mol. The van der Waals surface area contributed by atoms with Gasteiger partial charge in [-0.15, -0.1) is 0 Å². The molecule has 0 saturated carbocycles. The van der Waals surface area contributed by atoms with E-state index < -0.39 is 0 Å². The Morgan fingerprint density at radius 2 is 2.04 bits per heavy atom. The van der Waals surface area contributed by atoms with Gasteiger partial charge in [-0.1, -0.05) is 0 Å². The number of fused-ring (bicyclic) bond motifs is 1. The highest BCUT2D eigenvalue weighted by Gasteiger charge is 2.25. The maximum absolute atomic E-state index is 12.5. The molecular formula is C20H22N4O2.